The number of thiazole rings is 1. The summed E-state index contributed by atoms with van der Waals surface area (Å²) in [6, 6.07) is 7.35. The van der Waals surface area contributed by atoms with Gasteiger partial charge in [-0.2, -0.15) is 0 Å². The van der Waals surface area contributed by atoms with Crippen LogP contribution >= 0.6 is 22.9 Å². The quantitative estimate of drug-likeness (QED) is 0.657. The third-order valence-electron chi connectivity index (χ3n) is 4.83. The lowest BCUT2D eigenvalue weighted by Gasteiger charge is -2.30. The molecule has 146 valence electrons. The molecule has 3 aromatic heterocycles. The number of nitrogens with zero attached hydrogens (tertiary/aromatic N) is 3. The zero-order valence-corrected chi connectivity index (χ0v) is 17.1. The van der Waals surface area contributed by atoms with Crippen molar-refractivity contribution in [2.45, 2.75) is 26.3 Å². The van der Waals surface area contributed by atoms with E-state index < -0.39 is 0 Å². The minimum atomic E-state index is 0.00539. The first kappa shape index (κ1) is 19.1. The molecule has 0 saturated carbocycles. The Morgan fingerprint density at radius 3 is 2.82 bits per heavy atom. The molecule has 1 N–H and O–H groups in total. The Morgan fingerprint density at radius 2 is 2.14 bits per heavy atom. The van der Waals surface area contributed by atoms with Crippen LogP contribution in [-0.2, 0) is 11.3 Å². The molecule has 0 atom stereocenters. The number of likely N-dealkylation sites (tertiary alicyclic amines) is 1. The van der Waals surface area contributed by atoms with E-state index in [1.807, 2.05) is 19.1 Å². The predicted molar refractivity (Wildman–Crippen MR) is 110 cm³/mol. The Kier molecular flexibility index (Phi) is 5.75. The largest absolute Gasteiger partial charge is 0.459 e. The second-order valence-electron chi connectivity index (χ2n) is 6.96. The number of amides is 1. The highest BCUT2D eigenvalue weighted by Crippen LogP contribution is 2.27. The van der Waals surface area contributed by atoms with Gasteiger partial charge in [0.25, 0.3) is 0 Å². The van der Waals surface area contributed by atoms with Crippen molar-refractivity contribution in [2.24, 2.45) is 5.92 Å². The van der Waals surface area contributed by atoms with Crippen molar-refractivity contribution in [1.29, 1.82) is 0 Å². The molecule has 0 radical (unpaired) electrons. The minimum Gasteiger partial charge on any atom is -0.459 e. The summed E-state index contributed by atoms with van der Waals surface area (Å²) in [6.07, 6.45) is 3.19. The maximum absolute atomic E-state index is 12.5. The number of rotatable bonds is 5. The lowest BCUT2D eigenvalue weighted by Crippen LogP contribution is -2.37. The van der Waals surface area contributed by atoms with Gasteiger partial charge in [0.2, 0.25) is 5.91 Å². The smallest absolute Gasteiger partial charge is 0.228 e. The van der Waals surface area contributed by atoms with Crippen molar-refractivity contribution >= 4 is 34.7 Å². The monoisotopic (exact) mass is 416 g/mol. The number of halogens is 1. The maximum Gasteiger partial charge on any atom is 0.228 e. The van der Waals surface area contributed by atoms with E-state index in [4.69, 9.17) is 16.0 Å². The lowest BCUT2D eigenvalue weighted by atomic mass is 9.96. The summed E-state index contributed by atoms with van der Waals surface area (Å²) in [6.45, 7) is 4.47. The first-order chi connectivity index (χ1) is 13.6. The van der Waals surface area contributed by atoms with Crippen LogP contribution in [0.15, 0.2) is 40.3 Å². The van der Waals surface area contributed by atoms with E-state index in [1.54, 1.807) is 23.5 Å². The van der Waals surface area contributed by atoms with E-state index in [0.29, 0.717) is 10.8 Å². The third kappa shape index (κ3) is 4.60. The molecule has 1 saturated heterocycles. The third-order valence-corrected chi connectivity index (χ3v) is 5.95. The van der Waals surface area contributed by atoms with E-state index in [-0.39, 0.29) is 11.8 Å². The molecule has 28 heavy (non-hydrogen) atoms. The van der Waals surface area contributed by atoms with Crippen LogP contribution in [0.4, 0.5) is 5.82 Å². The van der Waals surface area contributed by atoms with Gasteiger partial charge in [0.1, 0.15) is 11.6 Å². The summed E-state index contributed by atoms with van der Waals surface area (Å²) in [7, 11) is 0. The second-order valence-corrected chi connectivity index (χ2v) is 8.25. The molecule has 1 aliphatic rings. The maximum atomic E-state index is 12.5. The van der Waals surface area contributed by atoms with Crippen molar-refractivity contribution in [3.8, 4) is 10.8 Å². The first-order valence-electron chi connectivity index (χ1n) is 9.23. The highest BCUT2D eigenvalue weighted by Gasteiger charge is 2.25. The fourth-order valence-electron chi connectivity index (χ4n) is 3.30. The number of carbonyl (C=O) groups is 1. The van der Waals surface area contributed by atoms with Gasteiger partial charge in [-0.3, -0.25) is 9.69 Å². The van der Waals surface area contributed by atoms with Crippen LogP contribution in [0.25, 0.3) is 10.8 Å². The van der Waals surface area contributed by atoms with Crippen LogP contribution in [0.3, 0.4) is 0 Å². The van der Waals surface area contributed by atoms with Gasteiger partial charge < -0.3 is 9.73 Å². The number of hydrogen-bond acceptors (Lipinski definition) is 6. The molecule has 6 nitrogen and oxygen atoms in total. The Labute approximate surface area is 172 Å². The number of piperidine rings is 1. The molecular formula is C20H21ClN4O2S. The van der Waals surface area contributed by atoms with Crippen molar-refractivity contribution in [3.05, 3.63) is 52.3 Å². The average molecular weight is 417 g/mol. The van der Waals surface area contributed by atoms with Crippen LogP contribution in [0.2, 0.25) is 5.02 Å². The van der Waals surface area contributed by atoms with E-state index in [2.05, 4.69) is 25.6 Å². The van der Waals surface area contributed by atoms with Crippen LogP contribution in [0.1, 0.15) is 24.3 Å². The number of nitrogens with one attached hydrogen (secondary N) is 1. The Balaban J connectivity index is 1.28. The zero-order chi connectivity index (χ0) is 19.5. The predicted octanol–water partition coefficient (Wildman–Crippen LogP) is 4.61. The molecule has 0 unspecified atom stereocenters. The number of furan rings is 1. The van der Waals surface area contributed by atoms with E-state index in [9.17, 15) is 4.79 Å². The minimum absolute atomic E-state index is 0.00539. The number of pyridine rings is 1. The number of anilines is 1. The summed E-state index contributed by atoms with van der Waals surface area (Å²) >= 11 is 7.43. The summed E-state index contributed by atoms with van der Waals surface area (Å²) in [5, 5.41) is 6.42. The topological polar surface area (TPSA) is 71.3 Å². The van der Waals surface area contributed by atoms with E-state index in [0.717, 1.165) is 54.7 Å². The van der Waals surface area contributed by atoms with Crippen LogP contribution in [-0.4, -0.2) is 33.9 Å². The molecule has 8 heteroatoms. The number of hydrogen-bond donors (Lipinski definition) is 1. The average Bonchev–Trinajstić information content (AvgIpc) is 3.33. The van der Waals surface area contributed by atoms with E-state index in [1.165, 1.54) is 6.20 Å². The molecule has 1 aliphatic heterocycles. The molecule has 0 aromatic carbocycles. The SMILES string of the molecule is Cc1ccc(-c2nc(CN3CCC(C(=O)Nc4ccc(Cl)cn4)CC3)cs2)o1. The molecule has 0 spiro atoms. The van der Waals surface area contributed by atoms with Gasteiger partial charge in [-0.25, -0.2) is 9.97 Å². The summed E-state index contributed by atoms with van der Waals surface area (Å²) < 4.78 is 5.65. The molecule has 1 fully saturated rings. The van der Waals surface area contributed by atoms with Crippen LogP contribution in [0.5, 0.6) is 0 Å². The van der Waals surface area contributed by atoms with Gasteiger partial charge in [0.15, 0.2) is 10.8 Å². The first-order valence-corrected chi connectivity index (χ1v) is 10.5. The lowest BCUT2D eigenvalue weighted by molar-refractivity contribution is -0.121. The molecule has 3 aromatic rings. The van der Waals surface area contributed by atoms with Crippen molar-refractivity contribution in [1.82, 2.24) is 14.9 Å². The zero-order valence-electron chi connectivity index (χ0n) is 15.5. The number of aromatic nitrogens is 2. The van der Waals surface area contributed by atoms with E-state index >= 15 is 0 Å². The summed E-state index contributed by atoms with van der Waals surface area (Å²) in [5.41, 5.74) is 1.04. The number of aryl methyl sites for hydroxylation is 1. The molecule has 0 aliphatic carbocycles. The van der Waals surface area contributed by atoms with Crippen LogP contribution in [0, 0.1) is 12.8 Å². The van der Waals surface area contributed by atoms with Gasteiger partial charge in [-0.15, -0.1) is 11.3 Å². The number of carbonyl (C=O) groups excluding carboxylic acids is 1. The fourth-order valence-corrected chi connectivity index (χ4v) is 4.19. The van der Waals surface area contributed by atoms with Crippen molar-refractivity contribution in [3.63, 3.8) is 0 Å². The summed E-state index contributed by atoms with van der Waals surface area (Å²) in [4.78, 5) is 23.6. The fraction of sp³-hybridized carbons (Fsp3) is 0.350. The second kappa shape index (κ2) is 8.43. The molecule has 0 bridgehead atoms. The van der Waals surface area contributed by atoms with Crippen molar-refractivity contribution in [2.75, 3.05) is 18.4 Å². The Hall–Kier alpha value is -2.22. The Morgan fingerprint density at radius 1 is 1.32 bits per heavy atom. The standard InChI is InChI=1S/C20H21ClN4O2S/c1-13-2-4-17(27-13)20-23-16(12-28-20)11-25-8-6-14(7-9-25)19(26)24-18-5-3-15(21)10-22-18/h2-5,10,12,14H,6-9,11H2,1H3,(H,22,24,26). The molecule has 4 rings (SSSR count). The molecular weight excluding hydrogens is 396 g/mol. The highest BCUT2D eigenvalue weighted by atomic mass is 35.5. The van der Waals surface area contributed by atoms with Crippen LogP contribution < -0.4 is 5.32 Å². The van der Waals surface area contributed by atoms with Gasteiger partial charge >= 0.3 is 0 Å². The Bertz CT molecular complexity index is 945. The summed E-state index contributed by atoms with van der Waals surface area (Å²) in [5.74, 6) is 2.28. The normalized spacial score (nSPS) is 15.6. The molecule has 1 amide bonds. The molecule has 4 heterocycles. The van der Waals surface area contributed by atoms with Gasteiger partial charge in [-0.1, -0.05) is 11.6 Å². The van der Waals surface area contributed by atoms with Gasteiger partial charge in [-0.05, 0) is 57.1 Å². The van der Waals surface area contributed by atoms with Gasteiger partial charge in [0, 0.05) is 24.0 Å². The highest BCUT2D eigenvalue weighted by molar-refractivity contribution is 7.13. The van der Waals surface area contributed by atoms with Gasteiger partial charge in [0.05, 0.1) is 10.7 Å². The van der Waals surface area contributed by atoms with Crippen molar-refractivity contribution < 1.29 is 9.21 Å².